The van der Waals surface area contributed by atoms with Gasteiger partial charge in [0.2, 0.25) is 10.0 Å². The van der Waals surface area contributed by atoms with E-state index in [9.17, 15) is 23.3 Å². The Bertz CT molecular complexity index is 1140. The molecule has 164 valence electrons. The summed E-state index contributed by atoms with van der Waals surface area (Å²) in [5.74, 6) is 0.661. The van der Waals surface area contributed by atoms with Gasteiger partial charge in [0.1, 0.15) is 11.4 Å². The highest BCUT2D eigenvalue weighted by atomic mass is 32.2. The van der Waals surface area contributed by atoms with Crippen molar-refractivity contribution >= 4 is 38.7 Å². The predicted octanol–water partition coefficient (Wildman–Crippen LogP) is 3.09. The number of carbonyl (C=O) groups is 1. The second-order valence-electron chi connectivity index (χ2n) is 7.70. The van der Waals surface area contributed by atoms with Crippen molar-refractivity contribution in [2.24, 2.45) is 5.92 Å². The molecule has 4 rings (SSSR count). The summed E-state index contributed by atoms with van der Waals surface area (Å²) in [6.07, 6.45) is 1.53. The molecule has 2 aliphatic heterocycles. The lowest BCUT2D eigenvalue weighted by molar-refractivity contribution is -0.384. The number of hydrogen-bond donors (Lipinski definition) is 2. The second kappa shape index (κ2) is 8.16. The number of carbonyl (C=O) groups excluding carboxylic acids is 1. The number of nitro groups is 1. The van der Waals surface area contributed by atoms with E-state index in [0.717, 1.165) is 18.9 Å². The third kappa shape index (κ3) is 4.32. The summed E-state index contributed by atoms with van der Waals surface area (Å²) in [5.41, 5.74) is 0.708. The first kappa shape index (κ1) is 21.1. The smallest absolute Gasteiger partial charge is 0.294 e. The van der Waals surface area contributed by atoms with Crippen molar-refractivity contribution in [1.82, 2.24) is 4.31 Å². The number of rotatable bonds is 5. The number of amides is 1. The Labute approximate surface area is 179 Å². The van der Waals surface area contributed by atoms with Crippen molar-refractivity contribution in [2.45, 2.75) is 24.7 Å². The Morgan fingerprint density at radius 2 is 1.94 bits per heavy atom. The topological polar surface area (TPSA) is 131 Å². The molecule has 0 unspecified atom stereocenters. The molecule has 2 heterocycles. The molecule has 0 spiro atoms. The molecule has 31 heavy (non-hydrogen) atoms. The van der Waals surface area contributed by atoms with E-state index in [4.69, 9.17) is 4.74 Å². The molecule has 0 aliphatic carbocycles. The average Bonchev–Trinajstić information content (AvgIpc) is 2.73. The van der Waals surface area contributed by atoms with Gasteiger partial charge in [-0.25, -0.2) is 8.42 Å². The van der Waals surface area contributed by atoms with Gasteiger partial charge in [0.15, 0.2) is 6.61 Å². The second-order valence-corrected chi connectivity index (χ2v) is 9.63. The number of anilines is 3. The van der Waals surface area contributed by atoms with Crippen molar-refractivity contribution in [3.63, 3.8) is 0 Å². The van der Waals surface area contributed by atoms with Crippen LogP contribution in [0.3, 0.4) is 0 Å². The Morgan fingerprint density at radius 3 is 2.65 bits per heavy atom. The van der Waals surface area contributed by atoms with E-state index in [2.05, 4.69) is 17.6 Å². The fraction of sp³-hybridized carbons (Fsp3) is 0.350. The number of hydrogen-bond acceptors (Lipinski definition) is 7. The lowest BCUT2D eigenvalue weighted by Gasteiger charge is -2.29. The van der Waals surface area contributed by atoms with Crippen LogP contribution in [0.1, 0.15) is 19.8 Å². The lowest BCUT2D eigenvalue weighted by atomic mass is 10.0. The van der Waals surface area contributed by atoms with Crippen LogP contribution in [0.5, 0.6) is 5.75 Å². The van der Waals surface area contributed by atoms with Gasteiger partial charge in [-0.05, 0) is 49.1 Å². The highest BCUT2D eigenvalue weighted by Gasteiger charge is 2.30. The standard InChI is InChI=1S/C20H22N4O6S/c1-13-6-8-23(9-7-13)31(28,29)15-3-4-16(18(11-15)24(26)27)21-14-2-5-19-17(10-14)22-20(25)12-30-19/h2-5,10-11,13,21H,6-9,12H2,1H3,(H,22,25). The van der Waals surface area contributed by atoms with Crippen LogP contribution in [0.25, 0.3) is 0 Å². The minimum atomic E-state index is -3.81. The molecule has 2 aliphatic rings. The van der Waals surface area contributed by atoms with E-state index in [0.29, 0.717) is 36.1 Å². The zero-order valence-corrected chi connectivity index (χ0v) is 17.6. The first-order valence-electron chi connectivity index (χ1n) is 9.86. The number of nitrogens with one attached hydrogen (secondary N) is 2. The van der Waals surface area contributed by atoms with Gasteiger partial charge in [-0.15, -0.1) is 0 Å². The summed E-state index contributed by atoms with van der Waals surface area (Å²) in [6, 6.07) is 8.71. The molecule has 11 heteroatoms. The van der Waals surface area contributed by atoms with Gasteiger partial charge in [0.25, 0.3) is 11.6 Å². The Kier molecular flexibility index (Phi) is 5.54. The van der Waals surface area contributed by atoms with Gasteiger partial charge < -0.3 is 15.4 Å². The van der Waals surface area contributed by atoms with Crippen molar-refractivity contribution in [3.8, 4) is 5.75 Å². The fourth-order valence-corrected chi connectivity index (χ4v) is 5.11. The van der Waals surface area contributed by atoms with Crippen molar-refractivity contribution in [3.05, 3.63) is 46.5 Å². The average molecular weight is 446 g/mol. The number of fused-ring (bicyclic) bond motifs is 1. The van der Waals surface area contributed by atoms with Crippen LogP contribution in [-0.2, 0) is 14.8 Å². The Balaban J connectivity index is 1.62. The summed E-state index contributed by atoms with van der Waals surface area (Å²) < 4.78 is 32.6. The maximum atomic E-state index is 13.0. The molecule has 0 atom stereocenters. The van der Waals surface area contributed by atoms with Crippen LogP contribution < -0.4 is 15.4 Å². The Morgan fingerprint density at radius 1 is 1.19 bits per heavy atom. The molecule has 2 aromatic rings. The zero-order valence-electron chi connectivity index (χ0n) is 16.8. The first-order chi connectivity index (χ1) is 14.7. The largest absolute Gasteiger partial charge is 0.482 e. The van der Waals surface area contributed by atoms with E-state index >= 15 is 0 Å². The molecule has 0 radical (unpaired) electrons. The molecule has 0 saturated carbocycles. The minimum Gasteiger partial charge on any atom is -0.482 e. The number of benzene rings is 2. The van der Waals surface area contributed by atoms with Crippen molar-refractivity contribution < 1.29 is 22.9 Å². The number of nitro benzene ring substituents is 1. The van der Waals surface area contributed by atoms with Gasteiger partial charge in [0, 0.05) is 24.8 Å². The lowest BCUT2D eigenvalue weighted by Crippen LogP contribution is -2.37. The summed E-state index contributed by atoms with van der Waals surface area (Å²) >= 11 is 0. The number of sulfonamides is 1. The highest BCUT2D eigenvalue weighted by Crippen LogP contribution is 2.35. The zero-order chi connectivity index (χ0) is 22.2. The number of nitrogens with zero attached hydrogens (tertiary/aromatic N) is 2. The van der Waals surface area contributed by atoms with Gasteiger partial charge in [-0.1, -0.05) is 6.92 Å². The van der Waals surface area contributed by atoms with Gasteiger partial charge in [-0.2, -0.15) is 4.31 Å². The summed E-state index contributed by atoms with van der Waals surface area (Å²) in [6.45, 7) is 2.81. The van der Waals surface area contributed by atoms with E-state index in [-0.39, 0.29) is 28.8 Å². The summed E-state index contributed by atoms with van der Waals surface area (Å²) in [4.78, 5) is 22.5. The van der Waals surface area contributed by atoms with Crippen LogP contribution in [0.2, 0.25) is 0 Å². The molecule has 1 amide bonds. The van der Waals surface area contributed by atoms with E-state index in [1.807, 2.05) is 0 Å². The first-order valence-corrected chi connectivity index (χ1v) is 11.3. The monoisotopic (exact) mass is 446 g/mol. The highest BCUT2D eigenvalue weighted by molar-refractivity contribution is 7.89. The molecular formula is C20H22N4O6S. The van der Waals surface area contributed by atoms with Crippen LogP contribution in [0, 0.1) is 16.0 Å². The van der Waals surface area contributed by atoms with E-state index in [1.165, 1.54) is 16.4 Å². The molecular weight excluding hydrogens is 424 g/mol. The van der Waals surface area contributed by atoms with Crippen LogP contribution in [0.15, 0.2) is 41.3 Å². The van der Waals surface area contributed by atoms with Crippen molar-refractivity contribution in [2.75, 3.05) is 30.3 Å². The van der Waals surface area contributed by atoms with E-state index < -0.39 is 14.9 Å². The molecule has 10 nitrogen and oxygen atoms in total. The number of piperidine rings is 1. The van der Waals surface area contributed by atoms with E-state index in [1.54, 1.807) is 18.2 Å². The summed E-state index contributed by atoms with van der Waals surface area (Å²) in [7, 11) is -3.81. The molecule has 0 bridgehead atoms. The minimum absolute atomic E-state index is 0.0723. The summed E-state index contributed by atoms with van der Waals surface area (Å²) in [5, 5.41) is 17.3. The predicted molar refractivity (Wildman–Crippen MR) is 114 cm³/mol. The quantitative estimate of drug-likeness (QED) is 0.533. The third-order valence-corrected chi connectivity index (χ3v) is 7.33. The maximum absolute atomic E-state index is 13.0. The SMILES string of the molecule is CC1CCN(S(=O)(=O)c2ccc(Nc3ccc4c(c3)NC(=O)CO4)c([N+](=O)[O-])c2)CC1. The molecule has 1 fully saturated rings. The van der Waals surface area contributed by atoms with Gasteiger partial charge in [-0.3, -0.25) is 14.9 Å². The van der Waals surface area contributed by atoms with Crippen LogP contribution in [-0.4, -0.2) is 43.2 Å². The normalized spacial score (nSPS) is 17.4. The third-order valence-electron chi connectivity index (χ3n) is 5.44. The van der Waals surface area contributed by atoms with Crippen molar-refractivity contribution in [1.29, 1.82) is 0 Å². The van der Waals surface area contributed by atoms with Crippen LogP contribution in [0.4, 0.5) is 22.7 Å². The molecule has 1 saturated heterocycles. The molecule has 0 aromatic heterocycles. The molecule has 2 N–H and O–H groups in total. The van der Waals surface area contributed by atoms with Crippen LogP contribution >= 0.6 is 0 Å². The fourth-order valence-electron chi connectivity index (χ4n) is 3.62. The number of ether oxygens (including phenoxy) is 1. The Hall–Kier alpha value is -3.18. The van der Waals surface area contributed by atoms with Gasteiger partial charge >= 0.3 is 0 Å². The molecule has 2 aromatic carbocycles. The van der Waals surface area contributed by atoms with Gasteiger partial charge in [0.05, 0.1) is 15.5 Å². The maximum Gasteiger partial charge on any atom is 0.294 e.